The van der Waals surface area contributed by atoms with E-state index in [-0.39, 0.29) is 11.1 Å². The molecule has 5 nitrogen and oxygen atoms in total. The molecule has 0 heterocycles. The van der Waals surface area contributed by atoms with Crippen LogP contribution < -0.4 is 0 Å². The SMILES string of the molecule is CN(C)C(=O)C(=O)c1cccc(C(=O)O)c1. The maximum Gasteiger partial charge on any atom is 0.335 e. The Morgan fingerprint density at radius 3 is 2.19 bits per heavy atom. The molecule has 0 aliphatic rings. The van der Waals surface area contributed by atoms with Crippen LogP contribution in [0, 0.1) is 0 Å². The van der Waals surface area contributed by atoms with Crippen LogP contribution in [0.1, 0.15) is 20.7 Å². The number of benzene rings is 1. The fourth-order valence-electron chi connectivity index (χ4n) is 1.12. The lowest BCUT2D eigenvalue weighted by Crippen LogP contribution is -2.29. The largest absolute Gasteiger partial charge is 0.478 e. The fraction of sp³-hybridized carbons (Fsp3) is 0.182. The van der Waals surface area contributed by atoms with Gasteiger partial charge in [0, 0.05) is 19.7 Å². The Hall–Kier alpha value is -2.17. The smallest absolute Gasteiger partial charge is 0.335 e. The molecule has 0 saturated carbocycles. The first-order valence-corrected chi connectivity index (χ1v) is 4.53. The van der Waals surface area contributed by atoms with Crippen molar-refractivity contribution in [1.82, 2.24) is 4.90 Å². The highest BCUT2D eigenvalue weighted by Crippen LogP contribution is 2.07. The molecule has 5 heteroatoms. The number of carbonyl (C=O) groups excluding carboxylic acids is 2. The highest BCUT2D eigenvalue weighted by atomic mass is 16.4. The number of hydrogen-bond acceptors (Lipinski definition) is 3. The van der Waals surface area contributed by atoms with Crippen molar-refractivity contribution < 1.29 is 19.5 Å². The molecule has 0 bridgehead atoms. The van der Waals surface area contributed by atoms with Gasteiger partial charge in [0.15, 0.2) is 0 Å². The molecule has 0 radical (unpaired) electrons. The molecule has 1 aromatic carbocycles. The first kappa shape index (κ1) is 11.9. The number of amides is 1. The summed E-state index contributed by atoms with van der Waals surface area (Å²) in [4.78, 5) is 34.8. The van der Waals surface area contributed by atoms with Gasteiger partial charge in [-0.2, -0.15) is 0 Å². The third-order valence-electron chi connectivity index (χ3n) is 1.97. The molecular formula is C11H11NO4. The molecule has 0 atom stereocenters. The maximum atomic E-state index is 11.6. The summed E-state index contributed by atoms with van der Waals surface area (Å²) in [6, 6.07) is 5.39. The molecule has 0 spiro atoms. The highest BCUT2D eigenvalue weighted by molar-refractivity contribution is 6.42. The lowest BCUT2D eigenvalue weighted by molar-refractivity contribution is -0.124. The average Bonchev–Trinajstić information content (AvgIpc) is 2.27. The lowest BCUT2D eigenvalue weighted by Gasteiger charge is -2.08. The van der Waals surface area contributed by atoms with E-state index in [1.54, 1.807) is 0 Å². The van der Waals surface area contributed by atoms with Crippen LogP contribution in [-0.2, 0) is 4.79 Å². The number of carboxylic acid groups (broad SMARTS) is 1. The van der Waals surface area contributed by atoms with Gasteiger partial charge in [0.25, 0.3) is 5.91 Å². The van der Waals surface area contributed by atoms with Crippen molar-refractivity contribution in [2.45, 2.75) is 0 Å². The molecule has 1 rings (SSSR count). The standard InChI is InChI=1S/C11H11NO4/c1-12(2)10(14)9(13)7-4-3-5-8(6-7)11(15)16/h3-6H,1-2H3,(H,15,16). The third kappa shape index (κ3) is 2.44. The first-order chi connectivity index (χ1) is 7.43. The zero-order valence-corrected chi connectivity index (χ0v) is 8.93. The van der Waals surface area contributed by atoms with Gasteiger partial charge in [0.05, 0.1) is 5.56 Å². The second kappa shape index (κ2) is 4.57. The number of likely N-dealkylation sites (N-methyl/N-ethyl adjacent to an activating group) is 1. The van der Waals surface area contributed by atoms with Crippen LogP contribution in [0.2, 0.25) is 0 Å². The Morgan fingerprint density at radius 2 is 1.69 bits per heavy atom. The van der Waals surface area contributed by atoms with Crippen molar-refractivity contribution in [3.8, 4) is 0 Å². The minimum atomic E-state index is -1.13. The molecular weight excluding hydrogens is 210 g/mol. The zero-order chi connectivity index (χ0) is 12.3. The van der Waals surface area contributed by atoms with Crippen molar-refractivity contribution in [2.75, 3.05) is 14.1 Å². The van der Waals surface area contributed by atoms with Crippen molar-refractivity contribution in [1.29, 1.82) is 0 Å². The van der Waals surface area contributed by atoms with Crippen molar-refractivity contribution in [2.24, 2.45) is 0 Å². The molecule has 84 valence electrons. The third-order valence-corrected chi connectivity index (χ3v) is 1.97. The van der Waals surface area contributed by atoms with Crippen LogP contribution in [-0.4, -0.2) is 41.8 Å². The molecule has 1 aromatic rings. The molecule has 0 fully saturated rings. The van der Waals surface area contributed by atoms with Crippen molar-refractivity contribution >= 4 is 17.7 Å². The minimum absolute atomic E-state index is 0.0163. The Labute approximate surface area is 92.3 Å². The maximum absolute atomic E-state index is 11.6. The summed E-state index contributed by atoms with van der Waals surface area (Å²) in [5.74, 6) is -2.53. The monoisotopic (exact) mass is 221 g/mol. The lowest BCUT2D eigenvalue weighted by atomic mass is 10.1. The average molecular weight is 221 g/mol. The van der Waals surface area contributed by atoms with E-state index in [0.29, 0.717) is 0 Å². The Bertz CT molecular complexity index is 451. The van der Waals surface area contributed by atoms with E-state index in [2.05, 4.69) is 0 Å². The summed E-state index contributed by atoms with van der Waals surface area (Å²) in [7, 11) is 2.92. The second-order valence-electron chi connectivity index (χ2n) is 3.41. The second-order valence-corrected chi connectivity index (χ2v) is 3.41. The normalized spacial score (nSPS) is 9.62. The number of carbonyl (C=O) groups is 3. The number of rotatable bonds is 3. The molecule has 16 heavy (non-hydrogen) atoms. The number of hydrogen-bond donors (Lipinski definition) is 1. The quantitative estimate of drug-likeness (QED) is 0.600. The van der Waals surface area contributed by atoms with Crippen LogP contribution in [0.25, 0.3) is 0 Å². The van der Waals surface area contributed by atoms with Gasteiger partial charge in [0.1, 0.15) is 0 Å². The summed E-state index contributed by atoms with van der Waals surface area (Å²) in [6.07, 6.45) is 0. The Balaban J connectivity index is 3.05. The number of ketones is 1. The van der Waals surface area contributed by atoms with Crippen LogP contribution in [0.3, 0.4) is 0 Å². The van der Waals surface area contributed by atoms with Crippen LogP contribution in [0.15, 0.2) is 24.3 Å². The van der Waals surface area contributed by atoms with Gasteiger partial charge < -0.3 is 10.0 Å². The van der Waals surface area contributed by atoms with Crippen LogP contribution in [0.4, 0.5) is 0 Å². The molecule has 1 N–H and O–H groups in total. The van der Waals surface area contributed by atoms with Gasteiger partial charge in [-0.1, -0.05) is 12.1 Å². The molecule has 0 unspecified atom stereocenters. The van der Waals surface area contributed by atoms with Gasteiger partial charge in [-0.25, -0.2) is 4.79 Å². The van der Waals surface area contributed by atoms with Gasteiger partial charge >= 0.3 is 5.97 Å². The van der Waals surface area contributed by atoms with Gasteiger partial charge in [0.2, 0.25) is 5.78 Å². The molecule has 0 aliphatic heterocycles. The van der Waals surface area contributed by atoms with E-state index in [0.717, 1.165) is 4.90 Å². The topological polar surface area (TPSA) is 74.7 Å². The van der Waals surface area contributed by atoms with Crippen LogP contribution in [0.5, 0.6) is 0 Å². The molecule has 0 saturated heterocycles. The van der Waals surface area contributed by atoms with E-state index >= 15 is 0 Å². The van der Waals surface area contributed by atoms with Crippen LogP contribution >= 0.6 is 0 Å². The molecule has 0 aliphatic carbocycles. The Morgan fingerprint density at radius 1 is 1.12 bits per heavy atom. The van der Waals surface area contributed by atoms with Crippen molar-refractivity contribution in [3.05, 3.63) is 35.4 Å². The summed E-state index contributed by atoms with van der Waals surface area (Å²) in [5, 5.41) is 8.73. The summed E-state index contributed by atoms with van der Waals surface area (Å²) in [6.45, 7) is 0. The summed E-state index contributed by atoms with van der Waals surface area (Å²) >= 11 is 0. The highest BCUT2D eigenvalue weighted by Gasteiger charge is 2.18. The van der Waals surface area contributed by atoms with Crippen molar-refractivity contribution in [3.63, 3.8) is 0 Å². The number of carboxylic acids is 1. The van der Waals surface area contributed by atoms with Gasteiger partial charge in [-0.05, 0) is 12.1 Å². The van der Waals surface area contributed by atoms with E-state index in [1.807, 2.05) is 0 Å². The Kier molecular flexibility index (Phi) is 3.40. The predicted octanol–water partition coefficient (Wildman–Crippen LogP) is 0.656. The summed E-state index contributed by atoms with van der Waals surface area (Å²) in [5.41, 5.74) is 0.0657. The number of aromatic carboxylic acids is 1. The van der Waals surface area contributed by atoms with Gasteiger partial charge in [-0.3, -0.25) is 9.59 Å². The summed E-state index contributed by atoms with van der Waals surface area (Å²) < 4.78 is 0. The number of nitrogens with zero attached hydrogens (tertiary/aromatic N) is 1. The first-order valence-electron chi connectivity index (χ1n) is 4.53. The predicted molar refractivity (Wildman–Crippen MR) is 56.4 cm³/mol. The zero-order valence-electron chi connectivity index (χ0n) is 8.93. The van der Waals surface area contributed by atoms with E-state index in [4.69, 9.17) is 5.11 Å². The fourth-order valence-corrected chi connectivity index (χ4v) is 1.12. The molecule has 0 aromatic heterocycles. The van der Waals surface area contributed by atoms with E-state index in [9.17, 15) is 14.4 Å². The van der Waals surface area contributed by atoms with Gasteiger partial charge in [-0.15, -0.1) is 0 Å². The minimum Gasteiger partial charge on any atom is -0.478 e. The van der Waals surface area contributed by atoms with E-state index < -0.39 is 17.7 Å². The molecule has 1 amide bonds. The van der Waals surface area contributed by atoms with E-state index in [1.165, 1.54) is 38.4 Å². The number of Topliss-reactive ketones (excluding diaryl/α,β-unsaturated/α-hetero) is 1.